The third-order valence-electron chi connectivity index (χ3n) is 5.31. The molecule has 0 bridgehead atoms. The Bertz CT molecular complexity index is 820. The molecule has 0 spiro atoms. The molecule has 8 heteroatoms. The lowest BCUT2D eigenvalue weighted by molar-refractivity contribution is 0.117. The van der Waals surface area contributed by atoms with Crippen LogP contribution in [0, 0.1) is 6.92 Å². The molecule has 0 amide bonds. The average Bonchev–Trinajstić information content (AvgIpc) is 3.45. The van der Waals surface area contributed by atoms with Crippen molar-refractivity contribution in [3.8, 4) is 11.5 Å². The lowest BCUT2D eigenvalue weighted by Gasteiger charge is -2.24. The molecule has 31 heavy (non-hydrogen) atoms. The zero-order valence-corrected chi connectivity index (χ0v) is 21.2. The van der Waals surface area contributed by atoms with E-state index in [1.54, 1.807) is 20.5 Å². The standard InChI is InChI=1S/C23H33N3O4.HI/c1-17-13-21(27-3)22(28-4)14-18(17)16-26(2)23(25-15-20-8-6-12-30-20)24-10-9-19-7-5-11-29-19;/h5,7,11,13-14,20H,6,8-10,12,15-16H2,1-4H3,(H,24,25);1H. The lowest BCUT2D eigenvalue weighted by Crippen LogP contribution is -2.40. The Balaban J connectivity index is 0.00000341. The quantitative estimate of drug-likeness (QED) is 0.293. The van der Waals surface area contributed by atoms with E-state index in [2.05, 4.69) is 17.1 Å². The van der Waals surface area contributed by atoms with E-state index in [-0.39, 0.29) is 30.1 Å². The van der Waals surface area contributed by atoms with Crippen LogP contribution in [0.5, 0.6) is 11.5 Å². The fourth-order valence-corrected chi connectivity index (χ4v) is 3.56. The number of rotatable bonds is 9. The van der Waals surface area contributed by atoms with Crippen molar-refractivity contribution in [3.05, 3.63) is 47.4 Å². The van der Waals surface area contributed by atoms with Gasteiger partial charge in [-0.25, -0.2) is 0 Å². The fourth-order valence-electron chi connectivity index (χ4n) is 3.56. The molecule has 1 aromatic carbocycles. The number of methoxy groups -OCH3 is 2. The first kappa shape index (κ1) is 25.3. The molecular formula is C23H34IN3O4. The summed E-state index contributed by atoms with van der Waals surface area (Å²) in [7, 11) is 5.36. The second kappa shape index (κ2) is 12.8. The summed E-state index contributed by atoms with van der Waals surface area (Å²) in [5.41, 5.74) is 2.31. The van der Waals surface area contributed by atoms with Crippen molar-refractivity contribution in [2.24, 2.45) is 4.99 Å². The van der Waals surface area contributed by atoms with Crippen LogP contribution in [-0.4, -0.2) is 57.9 Å². The molecule has 0 radical (unpaired) electrons. The van der Waals surface area contributed by atoms with Crippen LogP contribution in [0.1, 0.15) is 29.7 Å². The average molecular weight is 543 g/mol. The van der Waals surface area contributed by atoms with E-state index in [4.69, 9.17) is 23.6 Å². The molecule has 1 unspecified atom stereocenters. The van der Waals surface area contributed by atoms with Gasteiger partial charge in [0.05, 0.1) is 33.1 Å². The number of nitrogens with one attached hydrogen (secondary N) is 1. The third kappa shape index (κ3) is 7.31. The van der Waals surface area contributed by atoms with Crippen molar-refractivity contribution in [3.63, 3.8) is 0 Å². The fraction of sp³-hybridized carbons (Fsp3) is 0.522. The second-order valence-corrected chi connectivity index (χ2v) is 7.55. The smallest absolute Gasteiger partial charge is 0.194 e. The van der Waals surface area contributed by atoms with E-state index >= 15 is 0 Å². The van der Waals surface area contributed by atoms with E-state index in [1.807, 2.05) is 31.3 Å². The molecule has 2 aromatic rings. The largest absolute Gasteiger partial charge is 0.493 e. The molecule has 2 heterocycles. The summed E-state index contributed by atoms with van der Waals surface area (Å²) >= 11 is 0. The predicted octanol–water partition coefficient (Wildman–Crippen LogP) is 4.02. The Hall–Kier alpha value is -1.94. The normalized spacial score (nSPS) is 16.0. The molecule has 1 saturated heterocycles. The Morgan fingerprint density at radius 3 is 2.68 bits per heavy atom. The van der Waals surface area contributed by atoms with E-state index in [1.165, 1.54) is 0 Å². The Morgan fingerprint density at radius 1 is 1.26 bits per heavy atom. The summed E-state index contributed by atoms with van der Waals surface area (Å²) in [6.45, 7) is 5.02. The van der Waals surface area contributed by atoms with Gasteiger partial charge in [-0.2, -0.15) is 0 Å². The zero-order valence-electron chi connectivity index (χ0n) is 18.8. The van der Waals surface area contributed by atoms with Gasteiger partial charge >= 0.3 is 0 Å². The first-order valence-corrected chi connectivity index (χ1v) is 10.5. The monoisotopic (exact) mass is 543 g/mol. The number of benzene rings is 1. The van der Waals surface area contributed by atoms with Crippen LogP contribution in [0.25, 0.3) is 0 Å². The number of furan rings is 1. The first-order valence-electron chi connectivity index (χ1n) is 10.5. The summed E-state index contributed by atoms with van der Waals surface area (Å²) < 4.78 is 22.1. The van der Waals surface area contributed by atoms with Gasteiger partial charge in [0.1, 0.15) is 5.76 Å². The topological polar surface area (TPSA) is 68.5 Å². The number of aliphatic imine (C=N–C) groups is 1. The highest BCUT2D eigenvalue weighted by Gasteiger charge is 2.17. The summed E-state index contributed by atoms with van der Waals surface area (Å²) in [5.74, 6) is 3.28. The maximum absolute atomic E-state index is 5.74. The summed E-state index contributed by atoms with van der Waals surface area (Å²) in [6.07, 6.45) is 4.90. The summed E-state index contributed by atoms with van der Waals surface area (Å²) in [6, 6.07) is 7.94. The molecule has 1 aliphatic rings. The Kier molecular flexibility index (Phi) is 10.5. The molecular weight excluding hydrogens is 509 g/mol. The second-order valence-electron chi connectivity index (χ2n) is 7.55. The van der Waals surface area contributed by atoms with Crippen LogP contribution >= 0.6 is 24.0 Å². The lowest BCUT2D eigenvalue weighted by atomic mass is 10.1. The summed E-state index contributed by atoms with van der Waals surface area (Å²) in [4.78, 5) is 6.98. The molecule has 1 fully saturated rings. The molecule has 1 aromatic heterocycles. The van der Waals surface area contributed by atoms with Crippen molar-refractivity contribution in [1.29, 1.82) is 0 Å². The van der Waals surface area contributed by atoms with Crippen LogP contribution in [-0.2, 0) is 17.7 Å². The van der Waals surface area contributed by atoms with E-state index in [0.717, 1.165) is 66.8 Å². The number of ether oxygens (including phenoxy) is 3. The number of nitrogens with zero attached hydrogens (tertiary/aromatic N) is 2. The Morgan fingerprint density at radius 2 is 2.03 bits per heavy atom. The van der Waals surface area contributed by atoms with Crippen LogP contribution < -0.4 is 14.8 Å². The minimum atomic E-state index is 0. The maximum atomic E-state index is 5.74. The van der Waals surface area contributed by atoms with Gasteiger partial charge in [0.25, 0.3) is 0 Å². The van der Waals surface area contributed by atoms with Crippen LogP contribution in [0.3, 0.4) is 0 Å². The van der Waals surface area contributed by atoms with Gasteiger partial charge in [-0.05, 0) is 55.2 Å². The van der Waals surface area contributed by atoms with Crippen LogP contribution in [0.2, 0.25) is 0 Å². The first-order chi connectivity index (χ1) is 14.6. The van der Waals surface area contributed by atoms with Gasteiger partial charge in [-0.3, -0.25) is 4.99 Å². The highest BCUT2D eigenvalue weighted by Crippen LogP contribution is 2.30. The van der Waals surface area contributed by atoms with Crippen molar-refractivity contribution in [2.45, 2.75) is 38.8 Å². The van der Waals surface area contributed by atoms with Gasteiger partial charge in [0.15, 0.2) is 17.5 Å². The number of aryl methyl sites for hydroxylation is 1. The highest BCUT2D eigenvalue weighted by molar-refractivity contribution is 14.0. The molecule has 172 valence electrons. The highest BCUT2D eigenvalue weighted by atomic mass is 127. The molecule has 0 saturated carbocycles. The van der Waals surface area contributed by atoms with E-state index in [0.29, 0.717) is 13.1 Å². The number of hydrogen-bond acceptors (Lipinski definition) is 5. The van der Waals surface area contributed by atoms with Gasteiger partial charge in [-0.15, -0.1) is 24.0 Å². The van der Waals surface area contributed by atoms with Crippen LogP contribution in [0.15, 0.2) is 39.9 Å². The molecule has 3 rings (SSSR count). The van der Waals surface area contributed by atoms with Gasteiger partial charge in [0, 0.05) is 33.2 Å². The van der Waals surface area contributed by atoms with Crippen molar-refractivity contribution < 1.29 is 18.6 Å². The molecule has 7 nitrogen and oxygen atoms in total. The molecule has 1 N–H and O–H groups in total. The number of guanidine groups is 1. The van der Waals surface area contributed by atoms with E-state index in [9.17, 15) is 0 Å². The van der Waals surface area contributed by atoms with Crippen molar-refractivity contribution >= 4 is 29.9 Å². The van der Waals surface area contributed by atoms with E-state index < -0.39 is 0 Å². The zero-order chi connectivity index (χ0) is 21.3. The van der Waals surface area contributed by atoms with Gasteiger partial charge < -0.3 is 28.8 Å². The predicted molar refractivity (Wildman–Crippen MR) is 133 cm³/mol. The number of halogens is 1. The van der Waals surface area contributed by atoms with Crippen molar-refractivity contribution in [1.82, 2.24) is 10.2 Å². The minimum absolute atomic E-state index is 0. The van der Waals surface area contributed by atoms with Gasteiger partial charge in [-0.1, -0.05) is 0 Å². The minimum Gasteiger partial charge on any atom is -0.493 e. The van der Waals surface area contributed by atoms with Gasteiger partial charge in [0.2, 0.25) is 0 Å². The Labute approximate surface area is 202 Å². The third-order valence-corrected chi connectivity index (χ3v) is 5.31. The van der Waals surface area contributed by atoms with Crippen LogP contribution in [0.4, 0.5) is 0 Å². The summed E-state index contributed by atoms with van der Waals surface area (Å²) in [5, 5.41) is 3.48. The molecule has 0 aliphatic carbocycles. The maximum Gasteiger partial charge on any atom is 0.194 e. The number of hydrogen-bond donors (Lipinski definition) is 1. The van der Waals surface area contributed by atoms with Crippen molar-refractivity contribution in [2.75, 3.05) is 41.0 Å². The molecule has 1 aliphatic heterocycles. The molecule has 1 atom stereocenters. The SMILES string of the molecule is COc1cc(C)c(CN(C)C(=NCC2CCCO2)NCCc2ccco2)cc1OC.I.